The van der Waals surface area contributed by atoms with Gasteiger partial charge in [0.2, 0.25) is 0 Å². The van der Waals surface area contributed by atoms with Gasteiger partial charge >= 0.3 is 7.82 Å². The van der Waals surface area contributed by atoms with E-state index in [2.05, 4.69) is 17.2 Å². The normalized spacial score (nSPS) is 14.9. The first-order chi connectivity index (χ1) is 5.89. The lowest BCUT2D eigenvalue weighted by Gasteiger charge is -2.22. The maximum absolute atomic E-state index is 10.4. The van der Waals surface area contributed by atoms with Crippen molar-refractivity contribution in [2.75, 3.05) is 19.6 Å². The Labute approximate surface area is 83.7 Å². The number of phosphoric ester groups is 1. The Morgan fingerprint density at radius 3 is 2.23 bits per heavy atom. The van der Waals surface area contributed by atoms with Gasteiger partial charge in [0.1, 0.15) is 5.44 Å². The zero-order valence-corrected chi connectivity index (χ0v) is 9.54. The number of hydrogen-bond acceptors (Lipinski definition) is 4. The quantitative estimate of drug-likeness (QED) is 0.355. The van der Waals surface area contributed by atoms with Gasteiger partial charge in [0.15, 0.2) is 0 Å². The van der Waals surface area contributed by atoms with Crippen LogP contribution in [0.3, 0.4) is 0 Å². The van der Waals surface area contributed by atoms with Crippen molar-refractivity contribution in [2.45, 2.75) is 19.3 Å². The molecule has 0 aromatic carbocycles. The molecule has 0 radical (unpaired) electrons. The van der Waals surface area contributed by atoms with Crippen LogP contribution >= 0.6 is 20.5 Å². The Morgan fingerprint density at radius 2 is 1.92 bits per heavy atom. The van der Waals surface area contributed by atoms with Gasteiger partial charge in [-0.15, -0.1) is 12.6 Å². The Hall–Kier alpha value is 0.420. The van der Waals surface area contributed by atoms with E-state index in [9.17, 15) is 4.57 Å². The standard InChI is InChI=1S/C6H16NO4PS/c1-3-7(4-2)5-6(13)11-12(8,9)10/h6,13H,3-5H2,1-2H3,(H2,8,9,10). The lowest BCUT2D eigenvalue weighted by atomic mass is 10.5. The maximum Gasteiger partial charge on any atom is 0.470 e. The average molecular weight is 229 g/mol. The minimum absolute atomic E-state index is 0.404. The van der Waals surface area contributed by atoms with Gasteiger partial charge in [-0.1, -0.05) is 13.8 Å². The topological polar surface area (TPSA) is 70.0 Å². The highest BCUT2D eigenvalue weighted by molar-refractivity contribution is 7.81. The third-order valence-corrected chi connectivity index (χ3v) is 2.53. The molecule has 0 saturated carbocycles. The summed E-state index contributed by atoms with van der Waals surface area (Å²) in [5.74, 6) is 0. The molecule has 5 nitrogen and oxygen atoms in total. The van der Waals surface area contributed by atoms with Crippen molar-refractivity contribution in [3.63, 3.8) is 0 Å². The van der Waals surface area contributed by atoms with Crippen LogP contribution < -0.4 is 0 Å². The van der Waals surface area contributed by atoms with Crippen molar-refractivity contribution in [2.24, 2.45) is 0 Å². The van der Waals surface area contributed by atoms with Crippen LogP contribution in [-0.2, 0) is 9.09 Å². The smallest absolute Gasteiger partial charge is 0.303 e. The number of phosphoric acid groups is 1. The van der Waals surface area contributed by atoms with Crippen molar-refractivity contribution < 1.29 is 18.9 Å². The van der Waals surface area contributed by atoms with Crippen LogP contribution in [0.15, 0.2) is 0 Å². The fourth-order valence-electron chi connectivity index (χ4n) is 0.895. The Balaban J connectivity index is 3.85. The molecule has 0 aromatic heterocycles. The number of rotatable bonds is 6. The molecular weight excluding hydrogens is 213 g/mol. The molecule has 1 unspecified atom stereocenters. The zero-order chi connectivity index (χ0) is 10.5. The maximum atomic E-state index is 10.4. The summed E-state index contributed by atoms with van der Waals surface area (Å²) >= 11 is 3.91. The van der Waals surface area contributed by atoms with Gasteiger partial charge in [-0.2, -0.15) is 0 Å². The van der Waals surface area contributed by atoms with Gasteiger partial charge in [-0.25, -0.2) is 4.57 Å². The van der Waals surface area contributed by atoms with Crippen LogP contribution in [0.25, 0.3) is 0 Å². The molecule has 0 aromatic rings. The Bertz CT molecular complexity index is 181. The van der Waals surface area contributed by atoms with Crippen molar-refractivity contribution in [3.05, 3.63) is 0 Å². The van der Waals surface area contributed by atoms with E-state index in [1.165, 1.54) is 0 Å². The molecule has 13 heavy (non-hydrogen) atoms. The minimum Gasteiger partial charge on any atom is -0.303 e. The second kappa shape index (κ2) is 6.01. The number of thiol groups is 1. The van der Waals surface area contributed by atoms with Crippen LogP contribution in [0, 0.1) is 0 Å². The largest absolute Gasteiger partial charge is 0.470 e. The molecule has 0 rings (SSSR count). The van der Waals surface area contributed by atoms with Crippen LogP contribution in [0.4, 0.5) is 0 Å². The summed E-state index contributed by atoms with van der Waals surface area (Å²) in [6.45, 7) is 5.93. The number of nitrogens with zero attached hydrogens (tertiary/aromatic N) is 1. The van der Waals surface area contributed by atoms with Crippen LogP contribution in [-0.4, -0.2) is 39.8 Å². The third kappa shape index (κ3) is 7.49. The summed E-state index contributed by atoms with van der Waals surface area (Å²) in [6, 6.07) is 0. The molecule has 0 aliphatic heterocycles. The SMILES string of the molecule is CCN(CC)CC(S)OP(=O)(O)O. The van der Waals surface area contributed by atoms with Gasteiger partial charge in [0.05, 0.1) is 0 Å². The zero-order valence-electron chi connectivity index (χ0n) is 7.75. The second-order valence-electron chi connectivity index (χ2n) is 2.54. The molecule has 0 heterocycles. The van der Waals surface area contributed by atoms with E-state index < -0.39 is 13.3 Å². The molecule has 0 aliphatic rings. The Kier molecular flexibility index (Phi) is 6.20. The van der Waals surface area contributed by atoms with Crippen LogP contribution in [0.5, 0.6) is 0 Å². The van der Waals surface area contributed by atoms with E-state index in [4.69, 9.17) is 9.79 Å². The summed E-state index contributed by atoms with van der Waals surface area (Å²) in [5.41, 5.74) is -0.749. The van der Waals surface area contributed by atoms with Crippen LogP contribution in [0.2, 0.25) is 0 Å². The van der Waals surface area contributed by atoms with E-state index in [1.54, 1.807) is 0 Å². The van der Waals surface area contributed by atoms with Gasteiger partial charge in [0, 0.05) is 6.54 Å². The number of likely N-dealkylation sites (N-methyl/N-ethyl adjacent to an activating group) is 1. The third-order valence-electron chi connectivity index (χ3n) is 1.57. The fraction of sp³-hybridized carbons (Fsp3) is 1.00. The lowest BCUT2D eigenvalue weighted by molar-refractivity contribution is 0.149. The van der Waals surface area contributed by atoms with Gasteiger partial charge in [-0.05, 0) is 13.1 Å². The predicted molar refractivity (Wildman–Crippen MR) is 53.7 cm³/mol. The van der Waals surface area contributed by atoms with Crippen molar-refractivity contribution >= 4 is 20.5 Å². The van der Waals surface area contributed by atoms with Gasteiger partial charge in [0.25, 0.3) is 0 Å². The monoisotopic (exact) mass is 229 g/mol. The molecule has 0 saturated heterocycles. The van der Waals surface area contributed by atoms with E-state index in [1.807, 2.05) is 18.7 Å². The molecular formula is C6H16NO4PS. The van der Waals surface area contributed by atoms with Gasteiger partial charge in [-0.3, -0.25) is 4.52 Å². The van der Waals surface area contributed by atoms with Crippen molar-refractivity contribution in [3.8, 4) is 0 Å². The fourth-order valence-corrected chi connectivity index (χ4v) is 1.88. The summed E-state index contributed by atoms with van der Waals surface area (Å²) in [7, 11) is -4.40. The second-order valence-corrected chi connectivity index (χ2v) is 4.30. The highest BCUT2D eigenvalue weighted by Crippen LogP contribution is 2.38. The molecule has 0 amide bonds. The number of hydrogen-bond donors (Lipinski definition) is 3. The van der Waals surface area contributed by atoms with Crippen molar-refractivity contribution in [1.29, 1.82) is 0 Å². The van der Waals surface area contributed by atoms with Gasteiger partial charge < -0.3 is 14.7 Å². The summed E-state index contributed by atoms with van der Waals surface area (Å²) in [5, 5.41) is 0. The highest BCUT2D eigenvalue weighted by atomic mass is 32.1. The van der Waals surface area contributed by atoms with E-state index in [0.29, 0.717) is 6.54 Å². The molecule has 0 aliphatic carbocycles. The predicted octanol–water partition coefficient (Wildman–Crippen LogP) is 0.693. The molecule has 0 spiro atoms. The van der Waals surface area contributed by atoms with E-state index in [0.717, 1.165) is 13.1 Å². The molecule has 0 bridgehead atoms. The lowest BCUT2D eigenvalue weighted by Crippen LogP contribution is -2.30. The van der Waals surface area contributed by atoms with Crippen molar-refractivity contribution in [1.82, 2.24) is 4.90 Å². The first kappa shape index (κ1) is 13.4. The Morgan fingerprint density at radius 1 is 1.46 bits per heavy atom. The molecule has 0 fully saturated rings. The summed E-state index contributed by atoms with van der Waals surface area (Å²) < 4.78 is 14.8. The minimum atomic E-state index is -4.40. The first-order valence-corrected chi connectivity index (χ1v) is 6.08. The highest BCUT2D eigenvalue weighted by Gasteiger charge is 2.20. The van der Waals surface area contributed by atoms with E-state index >= 15 is 0 Å². The molecule has 80 valence electrons. The summed E-state index contributed by atoms with van der Waals surface area (Å²) in [6.07, 6.45) is 0. The summed E-state index contributed by atoms with van der Waals surface area (Å²) in [4.78, 5) is 18.9. The molecule has 7 heteroatoms. The molecule has 1 atom stereocenters. The first-order valence-electron chi connectivity index (χ1n) is 4.03. The van der Waals surface area contributed by atoms with E-state index in [-0.39, 0.29) is 0 Å². The average Bonchev–Trinajstić information content (AvgIpc) is 1.96. The van der Waals surface area contributed by atoms with Crippen LogP contribution in [0.1, 0.15) is 13.8 Å². The molecule has 2 N–H and O–H groups in total.